The number of hydrogen-bond acceptors (Lipinski definition) is 6. The number of allylic oxidation sites excluding steroid dienone is 2. The van der Waals surface area contributed by atoms with Gasteiger partial charge in [0.25, 0.3) is 6.71 Å². The molecule has 0 spiro atoms. The lowest BCUT2D eigenvalue weighted by Gasteiger charge is -2.44. The van der Waals surface area contributed by atoms with E-state index in [0.717, 1.165) is 163 Å². The van der Waals surface area contributed by atoms with Crippen LogP contribution in [0.25, 0.3) is 77.3 Å². The summed E-state index contributed by atoms with van der Waals surface area (Å²) in [5, 5.41) is 4.30. The minimum atomic E-state index is -0.411. The summed E-state index contributed by atoms with van der Waals surface area (Å²) in [6.07, 6.45) is 9.81. The molecule has 2 aliphatic heterocycles. The van der Waals surface area contributed by atoms with E-state index in [0.29, 0.717) is 0 Å². The van der Waals surface area contributed by atoms with Crippen LogP contribution >= 0.6 is 0 Å². The van der Waals surface area contributed by atoms with Crippen molar-refractivity contribution >= 4 is 130 Å². The van der Waals surface area contributed by atoms with E-state index in [-0.39, 0.29) is 6.04 Å². The molecule has 0 bridgehead atoms. The van der Waals surface area contributed by atoms with Gasteiger partial charge in [-0.25, -0.2) is 0 Å². The van der Waals surface area contributed by atoms with E-state index in [1.807, 2.05) is 0 Å². The van der Waals surface area contributed by atoms with Crippen LogP contribution in [-0.2, 0) is 0 Å². The second kappa shape index (κ2) is 22.0. The normalized spacial score (nSPS) is 13.8. The molecule has 1 unspecified atom stereocenters. The molecule has 93 heavy (non-hydrogen) atoms. The van der Waals surface area contributed by atoms with Crippen LogP contribution in [0.3, 0.4) is 0 Å². The number of nitrogens with zero attached hydrogens (tertiary/aromatic N) is 4. The minimum absolute atomic E-state index is 0.133. The fourth-order valence-electron chi connectivity index (χ4n) is 15.3. The standard InChI is InChI=1S/C86H61BN4O2/c1-56-49-57(2)51-60(50-56)61-52-74-82-75(53-61)91(69-47-43-67(44-48-69)89(64-33-17-7-18-34-64)65-35-19-8-20-36-65)77-55-73(59-27-11-4-12-28-59)81-71-38-22-24-40-79(71)93-86(81)84(77)87(82)83-76(54-72(58-25-9-3-10-26-58)80-70-37-21-23-39-78(70)92-85(80)83)90(74)68-45-41-66(42-46-68)88(62-29-13-5-14-30-62)63-31-15-6-16-32-63/h3-35,37-55,65H,36H2,1-2H3. The molecular weight excluding hydrogens is 1130 g/mol. The number of rotatable bonds is 11. The summed E-state index contributed by atoms with van der Waals surface area (Å²) in [7, 11) is 0. The monoisotopic (exact) mass is 1190 g/mol. The second-order valence-corrected chi connectivity index (χ2v) is 24.8. The highest BCUT2D eigenvalue weighted by atomic mass is 16.3. The van der Waals surface area contributed by atoms with E-state index in [1.54, 1.807) is 0 Å². The summed E-state index contributed by atoms with van der Waals surface area (Å²) in [5.74, 6) is 0. The van der Waals surface area contributed by atoms with Crippen LogP contribution < -0.4 is 36.0 Å². The summed E-state index contributed by atoms with van der Waals surface area (Å²) >= 11 is 0. The molecule has 0 saturated carbocycles. The number of benzene rings is 13. The summed E-state index contributed by atoms with van der Waals surface area (Å²) in [5.41, 5.74) is 27.5. The average Bonchev–Trinajstić information content (AvgIpc) is 1.67. The van der Waals surface area contributed by atoms with Crippen molar-refractivity contribution in [3.05, 3.63) is 327 Å². The Morgan fingerprint density at radius 2 is 0.763 bits per heavy atom. The van der Waals surface area contributed by atoms with Gasteiger partial charge in [0.2, 0.25) is 0 Å². The van der Waals surface area contributed by atoms with Gasteiger partial charge in [-0.1, -0.05) is 205 Å². The Balaban J connectivity index is 0.978. The molecule has 0 radical (unpaired) electrons. The predicted octanol–water partition coefficient (Wildman–Crippen LogP) is 21.7. The van der Waals surface area contributed by atoms with Crippen molar-refractivity contribution in [1.82, 2.24) is 0 Å². The van der Waals surface area contributed by atoms with Crippen molar-refractivity contribution in [3.63, 3.8) is 0 Å². The van der Waals surface area contributed by atoms with Crippen LogP contribution in [0.4, 0.5) is 62.6 Å². The third kappa shape index (κ3) is 8.94. The molecule has 1 aliphatic carbocycles. The molecule has 0 fully saturated rings. The van der Waals surface area contributed by atoms with Crippen LogP contribution in [0.15, 0.2) is 324 Å². The Bertz CT molecular complexity index is 5390. The first-order valence-electron chi connectivity index (χ1n) is 32.2. The van der Waals surface area contributed by atoms with Crippen molar-refractivity contribution in [2.75, 3.05) is 19.6 Å². The Hall–Kier alpha value is -11.8. The number of para-hydroxylation sites is 5. The largest absolute Gasteiger partial charge is 0.456 e. The smallest absolute Gasteiger partial charge is 0.261 e. The lowest BCUT2D eigenvalue weighted by Crippen LogP contribution is -2.61. The first kappa shape index (κ1) is 54.2. The van der Waals surface area contributed by atoms with Crippen molar-refractivity contribution < 1.29 is 8.83 Å². The SMILES string of the molecule is Cc1cc(C)cc(-c2cc3c4c(c2)N(c2ccc(N(c5ccccc5)C5C=CC=CC5)cc2)c2cc(-c5ccccc5)c5c(oc6ccccc65)c2B4c2c(cc(-c4ccccc4)c4c2oc2ccccc24)N3c2ccc(N(c3ccccc3)c3ccccc3)cc2)c1. The lowest BCUT2D eigenvalue weighted by atomic mass is 9.33. The minimum Gasteiger partial charge on any atom is -0.456 e. The van der Waals surface area contributed by atoms with Gasteiger partial charge in [-0.2, -0.15) is 0 Å². The fourth-order valence-corrected chi connectivity index (χ4v) is 15.3. The predicted molar refractivity (Wildman–Crippen MR) is 391 cm³/mol. The van der Waals surface area contributed by atoms with Gasteiger partial charge in [0, 0.05) is 84.1 Å². The molecule has 6 nitrogen and oxygen atoms in total. The molecule has 3 aliphatic rings. The van der Waals surface area contributed by atoms with Crippen LogP contribution in [0, 0.1) is 13.8 Å². The Kier molecular flexibility index (Phi) is 12.8. The first-order valence-corrected chi connectivity index (χ1v) is 32.2. The Morgan fingerprint density at radius 3 is 1.24 bits per heavy atom. The van der Waals surface area contributed by atoms with E-state index < -0.39 is 6.71 Å². The van der Waals surface area contributed by atoms with Crippen LogP contribution in [0.5, 0.6) is 0 Å². The molecule has 440 valence electrons. The van der Waals surface area contributed by atoms with E-state index in [9.17, 15) is 0 Å². The summed E-state index contributed by atoms with van der Waals surface area (Å²) in [4.78, 5) is 9.90. The molecule has 13 aromatic carbocycles. The highest BCUT2D eigenvalue weighted by molar-refractivity contribution is 7.03. The van der Waals surface area contributed by atoms with Crippen molar-refractivity contribution in [3.8, 4) is 33.4 Å². The number of anilines is 11. The third-order valence-electron chi connectivity index (χ3n) is 19.1. The van der Waals surface area contributed by atoms with Crippen LogP contribution in [0.2, 0.25) is 0 Å². The second-order valence-electron chi connectivity index (χ2n) is 24.8. The van der Waals surface area contributed by atoms with Gasteiger partial charge in [-0.15, -0.1) is 0 Å². The molecular formula is C86H61BN4O2. The molecule has 18 rings (SSSR count). The van der Waals surface area contributed by atoms with Gasteiger partial charge in [0.05, 0.1) is 6.04 Å². The Morgan fingerprint density at radius 1 is 0.366 bits per heavy atom. The number of furan rings is 2. The van der Waals surface area contributed by atoms with Gasteiger partial charge in [0.15, 0.2) is 0 Å². The lowest BCUT2D eigenvalue weighted by molar-refractivity contribution is 0.671. The zero-order valence-electron chi connectivity index (χ0n) is 51.5. The van der Waals surface area contributed by atoms with E-state index in [4.69, 9.17) is 8.83 Å². The number of aryl methyl sites for hydroxylation is 2. The maximum Gasteiger partial charge on any atom is 0.261 e. The summed E-state index contributed by atoms with van der Waals surface area (Å²) < 4.78 is 15.2. The molecule has 15 aromatic rings. The van der Waals surface area contributed by atoms with E-state index in [2.05, 4.69) is 349 Å². The van der Waals surface area contributed by atoms with Crippen molar-refractivity contribution in [2.45, 2.75) is 26.3 Å². The zero-order valence-corrected chi connectivity index (χ0v) is 51.5. The Labute approximate surface area is 541 Å². The molecule has 0 saturated heterocycles. The maximum absolute atomic E-state index is 7.60. The number of hydrogen-bond donors (Lipinski definition) is 0. The van der Waals surface area contributed by atoms with Gasteiger partial charge < -0.3 is 28.4 Å². The third-order valence-corrected chi connectivity index (χ3v) is 19.1. The zero-order chi connectivity index (χ0) is 61.7. The van der Waals surface area contributed by atoms with Crippen LogP contribution in [0.1, 0.15) is 17.5 Å². The van der Waals surface area contributed by atoms with Gasteiger partial charge in [-0.05, 0) is 191 Å². The summed E-state index contributed by atoms with van der Waals surface area (Å²) in [6, 6.07) is 106. The molecule has 4 heterocycles. The molecule has 7 heteroatoms. The molecule has 1 atom stereocenters. The molecule has 0 amide bonds. The molecule has 2 aromatic heterocycles. The fraction of sp³-hybridized carbons (Fsp3) is 0.0465. The van der Waals surface area contributed by atoms with Gasteiger partial charge in [0.1, 0.15) is 22.3 Å². The van der Waals surface area contributed by atoms with Gasteiger partial charge >= 0.3 is 0 Å². The topological polar surface area (TPSA) is 39.2 Å². The highest BCUT2D eigenvalue weighted by Gasteiger charge is 2.48. The van der Waals surface area contributed by atoms with Crippen LogP contribution in [-0.4, -0.2) is 12.8 Å². The average molecular weight is 1190 g/mol. The number of fused-ring (bicyclic) bond motifs is 12. The first-order chi connectivity index (χ1) is 46.0. The quantitative estimate of drug-likeness (QED) is 0.120. The van der Waals surface area contributed by atoms with Gasteiger partial charge in [-0.3, -0.25) is 0 Å². The van der Waals surface area contributed by atoms with Crippen molar-refractivity contribution in [1.29, 1.82) is 0 Å². The van der Waals surface area contributed by atoms with E-state index >= 15 is 0 Å². The molecule has 0 N–H and O–H groups in total. The summed E-state index contributed by atoms with van der Waals surface area (Å²) in [6.45, 7) is 4.01. The maximum atomic E-state index is 7.60. The van der Waals surface area contributed by atoms with E-state index in [1.165, 1.54) is 11.1 Å². The highest BCUT2D eigenvalue weighted by Crippen LogP contribution is 2.53. The van der Waals surface area contributed by atoms with Crippen molar-refractivity contribution in [2.24, 2.45) is 0 Å².